The van der Waals surface area contributed by atoms with E-state index in [0.29, 0.717) is 39.6 Å². The highest BCUT2D eigenvalue weighted by Crippen LogP contribution is 2.08. The summed E-state index contributed by atoms with van der Waals surface area (Å²) in [5.41, 5.74) is 0. The molecule has 0 fully saturated rings. The van der Waals surface area contributed by atoms with E-state index in [1.165, 1.54) is 51.4 Å². The predicted octanol–water partition coefficient (Wildman–Crippen LogP) is 3.76. The Kier molecular flexibility index (Phi) is 21.7. The Hall–Kier alpha value is -0.200. The summed E-state index contributed by atoms with van der Waals surface area (Å²) < 4.78 is 21.9. The minimum absolute atomic E-state index is 0.620. The molecule has 0 saturated carbocycles. The Morgan fingerprint density at radius 2 is 0.880 bits per heavy atom. The van der Waals surface area contributed by atoms with Gasteiger partial charge in [-0.05, 0) is 20.5 Å². The molecule has 0 aliphatic heterocycles. The predicted molar refractivity (Wildman–Crippen MR) is 104 cm³/mol. The normalized spacial score (nSPS) is 11.5. The summed E-state index contributed by atoms with van der Waals surface area (Å²) in [5.74, 6) is 0. The van der Waals surface area contributed by atoms with Gasteiger partial charge in [-0.25, -0.2) is 0 Å². The molecule has 0 aliphatic carbocycles. The monoisotopic (exact) mass is 361 g/mol. The number of rotatable bonds is 21. The van der Waals surface area contributed by atoms with Crippen LogP contribution in [0.1, 0.15) is 58.3 Å². The number of likely N-dealkylation sites (N-methyl/N-ethyl adjacent to an activating group) is 1. The third-order valence-electron chi connectivity index (χ3n) is 3.94. The Balaban J connectivity index is 2.96. The second kappa shape index (κ2) is 21.8. The summed E-state index contributed by atoms with van der Waals surface area (Å²) in [5, 5.41) is 0. The molecule has 0 bridgehead atoms. The van der Waals surface area contributed by atoms with Crippen LogP contribution in [-0.2, 0) is 18.9 Å². The van der Waals surface area contributed by atoms with E-state index < -0.39 is 0 Å². The lowest BCUT2D eigenvalue weighted by atomic mass is 10.1. The Labute approximate surface area is 156 Å². The van der Waals surface area contributed by atoms with Gasteiger partial charge < -0.3 is 23.8 Å². The molecule has 25 heavy (non-hydrogen) atoms. The fraction of sp³-hybridized carbons (Fsp3) is 1.00. The standard InChI is InChI=1S/C20H43NO4/c1-4-5-6-7-8-9-10-11-13-22-15-17-24-19-20-25-18-16-23-14-12-21(2)3/h4-20H2,1-3H3. The zero-order valence-corrected chi connectivity index (χ0v) is 17.1. The van der Waals surface area contributed by atoms with Gasteiger partial charge in [-0.1, -0.05) is 51.9 Å². The zero-order valence-electron chi connectivity index (χ0n) is 17.1. The Morgan fingerprint density at radius 3 is 1.36 bits per heavy atom. The molecular weight excluding hydrogens is 318 g/mol. The molecule has 0 aromatic carbocycles. The van der Waals surface area contributed by atoms with Gasteiger partial charge in [0.2, 0.25) is 0 Å². The summed E-state index contributed by atoms with van der Waals surface area (Å²) in [6, 6.07) is 0. The second-order valence-corrected chi connectivity index (χ2v) is 6.73. The largest absolute Gasteiger partial charge is 0.379 e. The van der Waals surface area contributed by atoms with Crippen molar-refractivity contribution < 1.29 is 18.9 Å². The molecule has 152 valence electrons. The van der Waals surface area contributed by atoms with E-state index in [1.807, 2.05) is 14.1 Å². The van der Waals surface area contributed by atoms with Gasteiger partial charge in [0.15, 0.2) is 0 Å². The highest BCUT2D eigenvalue weighted by Gasteiger charge is 1.95. The van der Waals surface area contributed by atoms with Gasteiger partial charge in [0.25, 0.3) is 0 Å². The molecule has 0 aromatic rings. The summed E-state index contributed by atoms with van der Waals surface area (Å²) >= 11 is 0. The van der Waals surface area contributed by atoms with Crippen molar-refractivity contribution in [2.24, 2.45) is 0 Å². The van der Waals surface area contributed by atoms with E-state index >= 15 is 0 Å². The summed E-state index contributed by atoms with van der Waals surface area (Å²) in [6.45, 7) is 8.68. The van der Waals surface area contributed by atoms with Crippen LogP contribution in [0.15, 0.2) is 0 Å². The van der Waals surface area contributed by atoms with Gasteiger partial charge in [0.05, 0.1) is 46.2 Å². The van der Waals surface area contributed by atoms with Crippen LogP contribution in [0.5, 0.6) is 0 Å². The van der Waals surface area contributed by atoms with E-state index in [-0.39, 0.29) is 0 Å². The number of hydrogen-bond acceptors (Lipinski definition) is 5. The van der Waals surface area contributed by atoms with Crippen molar-refractivity contribution in [3.8, 4) is 0 Å². The van der Waals surface area contributed by atoms with Crippen LogP contribution in [0.2, 0.25) is 0 Å². The van der Waals surface area contributed by atoms with Gasteiger partial charge in [-0.15, -0.1) is 0 Å². The molecule has 0 saturated heterocycles. The molecule has 5 nitrogen and oxygen atoms in total. The van der Waals surface area contributed by atoms with Crippen LogP contribution >= 0.6 is 0 Å². The maximum Gasteiger partial charge on any atom is 0.0701 e. The van der Waals surface area contributed by atoms with E-state index in [9.17, 15) is 0 Å². The SMILES string of the molecule is CCCCCCCCCCOCCOCCOCCOCCN(C)C. The quantitative estimate of drug-likeness (QED) is 0.291. The van der Waals surface area contributed by atoms with Crippen molar-refractivity contribution in [3.05, 3.63) is 0 Å². The van der Waals surface area contributed by atoms with Gasteiger partial charge in [0, 0.05) is 13.2 Å². The van der Waals surface area contributed by atoms with Gasteiger partial charge in [0.1, 0.15) is 0 Å². The first kappa shape index (κ1) is 24.8. The molecule has 0 aliphatic rings. The lowest BCUT2D eigenvalue weighted by Gasteiger charge is -2.10. The van der Waals surface area contributed by atoms with Gasteiger partial charge in [-0.3, -0.25) is 0 Å². The molecule has 0 heterocycles. The second-order valence-electron chi connectivity index (χ2n) is 6.73. The first-order valence-electron chi connectivity index (χ1n) is 10.2. The van der Waals surface area contributed by atoms with E-state index in [0.717, 1.165) is 19.8 Å². The van der Waals surface area contributed by atoms with E-state index in [2.05, 4.69) is 11.8 Å². The van der Waals surface area contributed by atoms with Crippen LogP contribution < -0.4 is 0 Å². The molecule has 0 atom stereocenters. The smallest absolute Gasteiger partial charge is 0.0701 e. The van der Waals surface area contributed by atoms with Crippen LogP contribution in [0.25, 0.3) is 0 Å². The summed E-state index contributed by atoms with van der Waals surface area (Å²) in [6.07, 6.45) is 10.7. The van der Waals surface area contributed by atoms with Crippen LogP contribution in [-0.4, -0.2) is 78.4 Å². The molecule has 0 radical (unpaired) electrons. The van der Waals surface area contributed by atoms with Crippen molar-refractivity contribution in [3.63, 3.8) is 0 Å². The Morgan fingerprint density at radius 1 is 0.480 bits per heavy atom. The summed E-state index contributed by atoms with van der Waals surface area (Å²) in [4.78, 5) is 2.10. The lowest BCUT2D eigenvalue weighted by Crippen LogP contribution is -2.19. The van der Waals surface area contributed by atoms with Crippen LogP contribution in [0.3, 0.4) is 0 Å². The zero-order chi connectivity index (χ0) is 18.4. The van der Waals surface area contributed by atoms with Gasteiger partial charge in [-0.2, -0.15) is 0 Å². The van der Waals surface area contributed by atoms with Crippen LogP contribution in [0, 0.1) is 0 Å². The number of hydrogen-bond donors (Lipinski definition) is 0. The van der Waals surface area contributed by atoms with Gasteiger partial charge >= 0.3 is 0 Å². The maximum atomic E-state index is 5.58. The molecule has 0 unspecified atom stereocenters. The molecule has 0 N–H and O–H groups in total. The molecule has 5 heteroatoms. The number of ether oxygens (including phenoxy) is 4. The van der Waals surface area contributed by atoms with Crippen molar-refractivity contribution in [1.82, 2.24) is 4.90 Å². The lowest BCUT2D eigenvalue weighted by molar-refractivity contribution is -0.00325. The van der Waals surface area contributed by atoms with Crippen LogP contribution in [0.4, 0.5) is 0 Å². The van der Waals surface area contributed by atoms with E-state index in [1.54, 1.807) is 0 Å². The highest BCUT2D eigenvalue weighted by atomic mass is 16.6. The maximum absolute atomic E-state index is 5.58. The molecule has 0 amide bonds. The van der Waals surface area contributed by atoms with Crippen molar-refractivity contribution in [1.29, 1.82) is 0 Å². The average Bonchev–Trinajstić information content (AvgIpc) is 2.60. The minimum Gasteiger partial charge on any atom is -0.379 e. The molecule has 0 aromatic heterocycles. The highest BCUT2D eigenvalue weighted by molar-refractivity contribution is 4.46. The summed E-state index contributed by atoms with van der Waals surface area (Å²) in [7, 11) is 4.08. The molecular formula is C20H43NO4. The topological polar surface area (TPSA) is 40.2 Å². The number of unbranched alkanes of at least 4 members (excludes halogenated alkanes) is 7. The third kappa shape index (κ3) is 23.8. The fourth-order valence-corrected chi connectivity index (χ4v) is 2.35. The van der Waals surface area contributed by atoms with Crippen molar-refractivity contribution >= 4 is 0 Å². The fourth-order valence-electron chi connectivity index (χ4n) is 2.35. The molecule has 0 spiro atoms. The van der Waals surface area contributed by atoms with Crippen molar-refractivity contribution in [2.45, 2.75) is 58.3 Å². The Bertz CT molecular complexity index is 240. The first-order valence-corrected chi connectivity index (χ1v) is 10.2. The average molecular weight is 362 g/mol. The molecule has 0 rings (SSSR count). The first-order chi connectivity index (χ1) is 12.3. The minimum atomic E-state index is 0.620. The third-order valence-corrected chi connectivity index (χ3v) is 3.94. The van der Waals surface area contributed by atoms with E-state index in [4.69, 9.17) is 18.9 Å². The van der Waals surface area contributed by atoms with Crippen molar-refractivity contribution in [2.75, 3.05) is 73.5 Å². The number of nitrogens with zero attached hydrogens (tertiary/aromatic N) is 1.